The van der Waals surface area contributed by atoms with Crippen LogP contribution in [0.5, 0.6) is 0 Å². The smallest absolute Gasteiger partial charge is 0.432 e. The number of imide groups is 2. The summed E-state index contributed by atoms with van der Waals surface area (Å²) in [6, 6.07) is 7.88. The Morgan fingerprint density at radius 3 is 2.37 bits per heavy atom. The second-order valence-corrected chi connectivity index (χ2v) is 4.68. The Labute approximate surface area is 110 Å². The molecule has 1 saturated heterocycles. The summed E-state index contributed by atoms with van der Waals surface area (Å²) < 4.78 is -1.67. The number of benzene rings is 1. The lowest BCUT2D eigenvalue weighted by Crippen LogP contribution is -2.65. The molecular formula is C13H14N2O4. The summed E-state index contributed by atoms with van der Waals surface area (Å²) in [7, 11) is 2.19. The van der Waals surface area contributed by atoms with Gasteiger partial charge in [0.1, 0.15) is 0 Å². The van der Waals surface area contributed by atoms with Gasteiger partial charge in [-0.05, 0) is 12.0 Å². The molecule has 1 heterocycles. The fourth-order valence-electron chi connectivity index (χ4n) is 2.14. The molecule has 4 amide bonds. The van der Waals surface area contributed by atoms with Gasteiger partial charge in [-0.1, -0.05) is 30.3 Å². The minimum Gasteiger partial charge on any atom is -0.616 e. The molecule has 1 aliphatic heterocycles. The maximum atomic E-state index is 12.0. The lowest BCUT2D eigenvalue weighted by Gasteiger charge is -2.41. The topological polar surface area (TPSA) is 77.5 Å². The number of amides is 4. The molecule has 0 aromatic heterocycles. The molecule has 1 fully saturated rings. The maximum absolute atomic E-state index is 12.0. The standard InChI is InChI=1S/C13H14N2O4/c1-14-11(16)10(8-9-6-4-3-5-7-9)12(17)15(2,19)13(14)18/h3-7,10H,8H2,1-2H3. The highest BCUT2D eigenvalue weighted by atomic mass is 16.6. The van der Waals surface area contributed by atoms with E-state index in [-0.39, 0.29) is 6.42 Å². The number of hydrogen-bond acceptors (Lipinski definition) is 4. The van der Waals surface area contributed by atoms with Crippen LogP contribution in [-0.4, -0.2) is 41.5 Å². The fourth-order valence-corrected chi connectivity index (χ4v) is 2.14. The average molecular weight is 262 g/mol. The molecule has 0 aliphatic carbocycles. The van der Waals surface area contributed by atoms with E-state index < -0.39 is 28.4 Å². The normalized spacial score (nSPS) is 27.8. The van der Waals surface area contributed by atoms with Gasteiger partial charge in [0.05, 0.1) is 7.05 Å². The highest BCUT2D eigenvalue weighted by Crippen LogP contribution is 2.24. The number of hydroxylamine groups is 3. The van der Waals surface area contributed by atoms with Crippen LogP contribution in [0.25, 0.3) is 0 Å². The molecule has 0 bridgehead atoms. The minimum atomic E-state index is -1.67. The second kappa shape index (κ2) is 4.56. The molecule has 1 aromatic carbocycles. The second-order valence-electron chi connectivity index (χ2n) is 4.68. The van der Waals surface area contributed by atoms with E-state index >= 15 is 0 Å². The summed E-state index contributed by atoms with van der Waals surface area (Å²) in [4.78, 5) is 36.3. The highest BCUT2D eigenvalue weighted by Gasteiger charge is 2.51. The molecule has 0 N–H and O–H groups in total. The van der Waals surface area contributed by atoms with E-state index in [2.05, 4.69) is 0 Å². The maximum Gasteiger partial charge on any atom is 0.432 e. The number of hydrogen-bond donors (Lipinski definition) is 0. The van der Waals surface area contributed by atoms with Crippen LogP contribution in [0.15, 0.2) is 30.3 Å². The van der Waals surface area contributed by atoms with Gasteiger partial charge < -0.3 is 5.21 Å². The Bertz CT molecular complexity index is 539. The third-order valence-corrected chi connectivity index (χ3v) is 3.28. The molecule has 0 saturated carbocycles. The highest BCUT2D eigenvalue weighted by molar-refractivity contribution is 6.10. The summed E-state index contributed by atoms with van der Waals surface area (Å²) in [6.07, 6.45) is 0.131. The zero-order valence-electron chi connectivity index (χ0n) is 10.7. The number of urea groups is 1. The van der Waals surface area contributed by atoms with E-state index in [1.165, 1.54) is 7.05 Å². The van der Waals surface area contributed by atoms with Crippen LogP contribution in [-0.2, 0) is 16.0 Å². The third-order valence-electron chi connectivity index (χ3n) is 3.28. The van der Waals surface area contributed by atoms with Gasteiger partial charge in [-0.15, -0.1) is 0 Å². The van der Waals surface area contributed by atoms with Crippen LogP contribution in [0.1, 0.15) is 5.56 Å². The zero-order chi connectivity index (χ0) is 14.2. The molecular weight excluding hydrogens is 248 g/mol. The van der Waals surface area contributed by atoms with Crippen molar-refractivity contribution in [2.75, 3.05) is 14.1 Å². The molecule has 2 rings (SSSR count). The van der Waals surface area contributed by atoms with Crippen molar-refractivity contribution in [1.82, 2.24) is 4.90 Å². The Morgan fingerprint density at radius 1 is 1.21 bits per heavy atom. The Morgan fingerprint density at radius 2 is 1.79 bits per heavy atom. The van der Waals surface area contributed by atoms with Crippen LogP contribution < -0.4 is 0 Å². The van der Waals surface area contributed by atoms with Gasteiger partial charge in [0.15, 0.2) is 5.92 Å². The van der Waals surface area contributed by atoms with Crippen LogP contribution in [0, 0.1) is 11.1 Å². The Hall–Kier alpha value is -2.05. The number of quaternary nitrogens is 1. The van der Waals surface area contributed by atoms with E-state index in [0.29, 0.717) is 0 Å². The molecule has 2 unspecified atom stereocenters. The van der Waals surface area contributed by atoms with Crippen molar-refractivity contribution in [3.8, 4) is 0 Å². The number of barbiturate groups is 1. The predicted octanol–water partition coefficient (Wildman–Crippen LogP) is 0.908. The first-order valence-electron chi connectivity index (χ1n) is 5.83. The third kappa shape index (κ3) is 2.16. The first-order chi connectivity index (χ1) is 8.85. The number of nitrogens with zero attached hydrogens (tertiary/aromatic N) is 2. The van der Waals surface area contributed by atoms with Crippen molar-refractivity contribution in [2.24, 2.45) is 5.92 Å². The number of carbonyl (C=O) groups excluding carboxylic acids is 3. The van der Waals surface area contributed by atoms with Gasteiger partial charge in [-0.3, -0.25) is 4.79 Å². The summed E-state index contributed by atoms with van der Waals surface area (Å²) >= 11 is 0. The van der Waals surface area contributed by atoms with Crippen LogP contribution >= 0.6 is 0 Å². The first kappa shape index (κ1) is 13.4. The van der Waals surface area contributed by atoms with Crippen molar-refractivity contribution in [3.63, 3.8) is 0 Å². The SMILES string of the molecule is CN1C(=O)C(Cc2ccccc2)C(=O)[N+](C)([O-])C1=O. The van der Waals surface area contributed by atoms with Crippen molar-refractivity contribution in [2.45, 2.75) is 6.42 Å². The summed E-state index contributed by atoms with van der Waals surface area (Å²) in [5.74, 6) is -2.63. The van der Waals surface area contributed by atoms with Crippen molar-refractivity contribution in [1.29, 1.82) is 0 Å². The monoisotopic (exact) mass is 262 g/mol. The molecule has 1 aromatic rings. The molecule has 0 radical (unpaired) electrons. The van der Waals surface area contributed by atoms with E-state index in [9.17, 15) is 19.6 Å². The predicted molar refractivity (Wildman–Crippen MR) is 66.4 cm³/mol. The summed E-state index contributed by atoms with van der Waals surface area (Å²) in [5.41, 5.74) is 0.775. The molecule has 100 valence electrons. The van der Waals surface area contributed by atoms with E-state index in [4.69, 9.17) is 0 Å². The van der Waals surface area contributed by atoms with Crippen molar-refractivity contribution < 1.29 is 19.0 Å². The van der Waals surface area contributed by atoms with Gasteiger partial charge in [-0.2, -0.15) is 0 Å². The summed E-state index contributed by atoms with van der Waals surface area (Å²) in [5, 5.41) is 12.0. The largest absolute Gasteiger partial charge is 0.616 e. The van der Waals surface area contributed by atoms with E-state index in [1.807, 2.05) is 6.07 Å². The number of rotatable bonds is 2. The number of carbonyl (C=O) groups is 3. The molecule has 19 heavy (non-hydrogen) atoms. The van der Waals surface area contributed by atoms with Gasteiger partial charge in [0, 0.05) is 7.05 Å². The zero-order valence-corrected chi connectivity index (χ0v) is 10.7. The molecule has 6 heteroatoms. The van der Waals surface area contributed by atoms with Gasteiger partial charge in [0.25, 0.3) is 5.91 Å². The van der Waals surface area contributed by atoms with Crippen LogP contribution in [0.2, 0.25) is 0 Å². The first-order valence-corrected chi connectivity index (χ1v) is 5.83. The van der Waals surface area contributed by atoms with Gasteiger partial charge in [0.2, 0.25) is 0 Å². The average Bonchev–Trinajstić information content (AvgIpc) is 2.41. The minimum absolute atomic E-state index is 0.131. The summed E-state index contributed by atoms with van der Waals surface area (Å²) in [6.45, 7) is 0. The van der Waals surface area contributed by atoms with Gasteiger partial charge in [-0.25, -0.2) is 19.1 Å². The molecule has 6 nitrogen and oxygen atoms in total. The Balaban J connectivity index is 2.32. The van der Waals surface area contributed by atoms with Crippen LogP contribution in [0.3, 0.4) is 0 Å². The molecule has 0 spiro atoms. The van der Waals surface area contributed by atoms with Crippen molar-refractivity contribution in [3.05, 3.63) is 41.1 Å². The van der Waals surface area contributed by atoms with E-state index in [0.717, 1.165) is 17.5 Å². The van der Waals surface area contributed by atoms with Gasteiger partial charge >= 0.3 is 11.9 Å². The van der Waals surface area contributed by atoms with E-state index in [1.54, 1.807) is 24.3 Å². The quantitative estimate of drug-likeness (QED) is 0.451. The molecule has 2 atom stereocenters. The lowest BCUT2D eigenvalue weighted by atomic mass is 9.95. The lowest BCUT2D eigenvalue weighted by molar-refractivity contribution is -0.704. The Kier molecular flexibility index (Phi) is 3.21. The fraction of sp³-hybridized carbons (Fsp3) is 0.308. The van der Waals surface area contributed by atoms with Crippen molar-refractivity contribution >= 4 is 17.8 Å². The van der Waals surface area contributed by atoms with Crippen LogP contribution in [0.4, 0.5) is 4.79 Å². The molecule has 1 aliphatic rings.